The van der Waals surface area contributed by atoms with Crippen LogP contribution >= 0.6 is 8.60 Å². The Kier molecular flexibility index (Phi) is 2.20. The summed E-state index contributed by atoms with van der Waals surface area (Å²) in [7, 11) is -1.53. The summed E-state index contributed by atoms with van der Waals surface area (Å²) < 4.78 is 9.63. The SMILES string of the molecule is CC1CCOP(O)O1. The normalized spacial score (nSPS) is 39.8. The van der Waals surface area contributed by atoms with Crippen LogP contribution in [0.2, 0.25) is 0 Å². The van der Waals surface area contributed by atoms with E-state index in [9.17, 15) is 0 Å². The molecule has 0 aromatic heterocycles. The van der Waals surface area contributed by atoms with Gasteiger partial charge in [-0.25, -0.2) is 0 Å². The van der Waals surface area contributed by atoms with Crippen molar-refractivity contribution in [2.24, 2.45) is 0 Å². The molecular formula is C4H9O3P. The summed E-state index contributed by atoms with van der Waals surface area (Å²) in [5.41, 5.74) is 0. The van der Waals surface area contributed by atoms with Crippen molar-refractivity contribution in [3.8, 4) is 0 Å². The second kappa shape index (κ2) is 2.74. The first-order valence-corrected chi connectivity index (χ1v) is 3.71. The van der Waals surface area contributed by atoms with Crippen LogP contribution in [0.25, 0.3) is 0 Å². The highest BCUT2D eigenvalue weighted by atomic mass is 31.2. The third-order valence-electron chi connectivity index (χ3n) is 0.996. The van der Waals surface area contributed by atoms with Crippen LogP contribution in [0.3, 0.4) is 0 Å². The Labute approximate surface area is 49.6 Å². The Morgan fingerprint density at radius 2 is 2.50 bits per heavy atom. The Morgan fingerprint density at radius 3 is 2.88 bits per heavy atom. The van der Waals surface area contributed by atoms with Crippen LogP contribution in [-0.4, -0.2) is 17.6 Å². The van der Waals surface area contributed by atoms with Gasteiger partial charge in [0.15, 0.2) is 0 Å². The molecule has 8 heavy (non-hydrogen) atoms. The Morgan fingerprint density at radius 1 is 1.75 bits per heavy atom. The Balaban J connectivity index is 2.23. The molecule has 0 amide bonds. The van der Waals surface area contributed by atoms with E-state index in [0.29, 0.717) is 6.61 Å². The quantitative estimate of drug-likeness (QED) is 0.505. The van der Waals surface area contributed by atoms with Crippen LogP contribution in [0, 0.1) is 0 Å². The van der Waals surface area contributed by atoms with Gasteiger partial charge in [-0.15, -0.1) is 0 Å². The fourth-order valence-electron chi connectivity index (χ4n) is 0.534. The second-order valence-corrected chi connectivity index (χ2v) is 2.72. The van der Waals surface area contributed by atoms with Crippen molar-refractivity contribution in [3.05, 3.63) is 0 Å². The first-order chi connectivity index (χ1) is 3.79. The Hall–Kier alpha value is 0.310. The maximum atomic E-state index is 8.70. The molecule has 1 heterocycles. The van der Waals surface area contributed by atoms with Gasteiger partial charge in [-0.3, -0.25) is 0 Å². The van der Waals surface area contributed by atoms with E-state index in [1.807, 2.05) is 6.92 Å². The summed E-state index contributed by atoms with van der Waals surface area (Å²) in [4.78, 5) is 8.70. The molecule has 2 unspecified atom stereocenters. The minimum atomic E-state index is -1.53. The summed E-state index contributed by atoms with van der Waals surface area (Å²) in [6.45, 7) is 2.55. The zero-order chi connectivity index (χ0) is 5.98. The molecule has 3 nitrogen and oxygen atoms in total. The first-order valence-electron chi connectivity index (χ1n) is 2.58. The molecule has 1 aliphatic rings. The van der Waals surface area contributed by atoms with Gasteiger partial charge in [-0.05, 0) is 13.3 Å². The largest absolute Gasteiger partial charge is 0.330 e. The third kappa shape index (κ3) is 1.67. The maximum Gasteiger partial charge on any atom is 0.330 e. The lowest BCUT2D eigenvalue weighted by Crippen LogP contribution is -2.14. The molecule has 0 aromatic rings. The average Bonchev–Trinajstić information content (AvgIpc) is 1.64. The van der Waals surface area contributed by atoms with Gasteiger partial charge in [0.1, 0.15) is 0 Å². The molecule has 4 heteroatoms. The molecule has 1 N–H and O–H groups in total. The van der Waals surface area contributed by atoms with Crippen LogP contribution in [0.5, 0.6) is 0 Å². The molecule has 0 saturated carbocycles. The summed E-state index contributed by atoms with van der Waals surface area (Å²) in [6, 6.07) is 0. The maximum absolute atomic E-state index is 8.70. The first kappa shape index (κ1) is 6.43. The van der Waals surface area contributed by atoms with Gasteiger partial charge in [0.05, 0.1) is 12.7 Å². The van der Waals surface area contributed by atoms with Crippen LogP contribution in [0.15, 0.2) is 0 Å². The van der Waals surface area contributed by atoms with Gasteiger partial charge in [-0.2, -0.15) is 0 Å². The van der Waals surface area contributed by atoms with Crippen LogP contribution in [-0.2, 0) is 9.05 Å². The molecule has 2 atom stereocenters. The molecule has 0 aliphatic carbocycles. The van der Waals surface area contributed by atoms with E-state index in [-0.39, 0.29) is 6.10 Å². The second-order valence-electron chi connectivity index (χ2n) is 1.78. The smallest absolute Gasteiger partial charge is 0.328 e. The summed E-state index contributed by atoms with van der Waals surface area (Å²) in [6.07, 6.45) is 1.05. The predicted octanol–water partition coefficient (Wildman–Crippen LogP) is 1.03. The highest BCUT2D eigenvalue weighted by molar-refractivity contribution is 7.40. The van der Waals surface area contributed by atoms with E-state index < -0.39 is 8.60 Å². The molecule has 0 radical (unpaired) electrons. The van der Waals surface area contributed by atoms with Crippen LogP contribution in [0.1, 0.15) is 13.3 Å². The van der Waals surface area contributed by atoms with Crippen molar-refractivity contribution in [3.63, 3.8) is 0 Å². The molecule has 1 rings (SSSR count). The minimum Gasteiger partial charge on any atom is -0.328 e. The van der Waals surface area contributed by atoms with E-state index >= 15 is 0 Å². The number of hydrogen-bond donors (Lipinski definition) is 1. The molecular weight excluding hydrogens is 127 g/mol. The topological polar surface area (TPSA) is 38.7 Å². The van der Waals surface area contributed by atoms with Crippen molar-refractivity contribution in [1.29, 1.82) is 0 Å². The summed E-state index contributed by atoms with van der Waals surface area (Å²) in [5, 5.41) is 0. The van der Waals surface area contributed by atoms with Gasteiger partial charge >= 0.3 is 8.60 Å². The highest BCUT2D eigenvalue weighted by Gasteiger charge is 2.17. The van der Waals surface area contributed by atoms with Crippen molar-refractivity contribution >= 4 is 8.60 Å². The van der Waals surface area contributed by atoms with Crippen molar-refractivity contribution in [1.82, 2.24) is 0 Å². The van der Waals surface area contributed by atoms with Crippen LogP contribution in [0.4, 0.5) is 0 Å². The monoisotopic (exact) mass is 136 g/mol. The fourth-order valence-corrected chi connectivity index (χ4v) is 1.27. The van der Waals surface area contributed by atoms with E-state index in [2.05, 4.69) is 0 Å². The summed E-state index contributed by atoms with van der Waals surface area (Å²) >= 11 is 0. The lowest BCUT2D eigenvalue weighted by atomic mass is 10.3. The van der Waals surface area contributed by atoms with Crippen molar-refractivity contribution < 1.29 is 13.9 Å². The van der Waals surface area contributed by atoms with Crippen molar-refractivity contribution in [2.75, 3.05) is 6.61 Å². The summed E-state index contributed by atoms with van der Waals surface area (Å²) in [5.74, 6) is 0. The van der Waals surface area contributed by atoms with Gasteiger partial charge in [-0.1, -0.05) is 0 Å². The number of rotatable bonds is 0. The lowest BCUT2D eigenvalue weighted by molar-refractivity contribution is 0.0901. The van der Waals surface area contributed by atoms with Crippen LogP contribution < -0.4 is 0 Å². The minimum absolute atomic E-state index is 0.167. The predicted molar refractivity (Wildman–Crippen MR) is 30.3 cm³/mol. The molecule has 0 spiro atoms. The van der Waals surface area contributed by atoms with Gasteiger partial charge in [0.2, 0.25) is 0 Å². The van der Waals surface area contributed by atoms with Crippen molar-refractivity contribution in [2.45, 2.75) is 19.4 Å². The molecule has 1 fully saturated rings. The fraction of sp³-hybridized carbons (Fsp3) is 1.00. The van der Waals surface area contributed by atoms with E-state index in [1.54, 1.807) is 0 Å². The Bertz CT molecular complexity index is 69.7. The van der Waals surface area contributed by atoms with E-state index in [0.717, 1.165) is 6.42 Å². The van der Waals surface area contributed by atoms with Gasteiger partial charge < -0.3 is 13.9 Å². The van der Waals surface area contributed by atoms with Gasteiger partial charge in [0, 0.05) is 0 Å². The third-order valence-corrected chi connectivity index (χ3v) is 1.94. The standard InChI is InChI=1S/C4H9O3P/c1-4-2-3-6-8(5)7-4/h4-5H,2-3H2,1H3. The van der Waals surface area contributed by atoms with E-state index in [1.165, 1.54) is 0 Å². The molecule has 0 bridgehead atoms. The lowest BCUT2D eigenvalue weighted by Gasteiger charge is -2.21. The zero-order valence-corrected chi connectivity index (χ0v) is 5.60. The average molecular weight is 136 g/mol. The van der Waals surface area contributed by atoms with Gasteiger partial charge in [0.25, 0.3) is 0 Å². The number of hydrogen-bond acceptors (Lipinski definition) is 3. The zero-order valence-electron chi connectivity index (χ0n) is 4.70. The molecule has 0 aromatic carbocycles. The molecule has 48 valence electrons. The molecule has 1 saturated heterocycles. The highest BCUT2D eigenvalue weighted by Crippen LogP contribution is 2.38. The van der Waals surface area contributed by atoms with E-state index in [4.69, 9.17) is 13.9 Å². The molecule has 1 aliphatic heterocycles.